The molecule has 0 radical (unpaired) electrons. The molecule has 2 heterocycles. The van der Waals surface area contributed by atoms with Crippen LogP contribution in [0.2, 0.25) is 0 Å². The molecule has 1 aromatic carbocycles. The summed E-state index contributed by atoms with van der Waals surface area (Å²) in [6, 6.07) is 6.42. The van der Waals surface area contributed by atoms with Crippen LogP contribution in [-0.2, 0) is 20.1 Å². The number of aryl methyl sites for hydroxylation is 2. The van der Waals surface area contributed by atoms with Gasteiger partial charge in [0.25, 0.3) is 5.56 Å². The Morgan fingerprint density at radius 1 is 1.04 bits per heavy atom. The molecule has 142 valence electrons. The standard InChI is InChI=1S/C20H23FN4O2/c1-4-12-24-18-17(19(26)25(13-5-2)20(24)27)23(3)16(22-18)11-10-14-8-6-7-9-15(14)21/h6-11H,4-5,12-13H2,1-3H3. The Labute approximate surface area is 156 Å². The SMILES string of the molecule is CCCn1c(=O)c2c(nc(C=Cc3ccccc3F)n2C)n(CCC)c1=O. The first-order valence-electron chi connectivity index (χ1n) is 9.12. The molecule has 27 heavy (non-hydrogen) atoms. The van der Waals surface area contributed by atoms with Crippen molar-refractivity contribution in [2.75, 3.05) is 0 Å². The zero-order valence-electron chi connectivity index (χ0n) is 15.8. The minimum Gasteiger partial charge on any atom is -0.322 e. The number of hydrogen-bond acceptors (Lipinski definition) is 3. The van der Waals surface area contributed by atoms with E-state index in [4.69, 9.17) is 0 Å². The van der Waals surface area contributed by atoms with Gasteiger partial charge in [-0.2, -0.15) is 0 Å². The number of hydrogen-bond donors (Lipinski definition) is 0. The van der Waals surface area contributed by atoms with Crippen molar-refractivity contribution in [2.45, 2.75) is 39.8 Å². The van der Waals surface area contributed by atoms with Crippen molar-refractivity contribution in [2.24, 2.45) is 7.05 Å². The van der Waals surface area contributed by atoms with Crippen LogP contribution < -0.4 is 11.2 Å². The fraction of sp³-hybridized carbons (Fsp3) is 0.350. The van der Waals surface area contributed by atoms with E-state index in [2.05, 4.69) is 4.98 Å². The lowest BCUT2D eigenvalue weighted by Crippen LogP contribution is -2.40. The monoisotopic (exact) mass is 370 g/mol. The van der Waals surface area contributed by atoms with Gasteiger partial charge in [0.05, 0.1) is 0 Å². The van der Waals surface area contributed by atoms with E-state index in [0.717, 1.165) is 6.42 Å². The first kappa shape index (κ1) is 18.8. The van der Waals surface area contributed by atoms with Crippen molar-refractivity contribution >= 4 is 23.3 Å². The van der Waals surface area contributed by atoms with Gasteiger partial charge in [-0.15, -0.1) is 0 Å². The second-order valence-electron chi connectivity index (χ2n) is 6.45. The van der Waals surface area contributed by atoms with Gasteiger partial charge >= 0.3 is 5.69 Å². The van der Waals surface area contributed by atoms with Crippen molar-refractivity contribution in [3.8, 4) is 0 Å². The number of nitrogens with zero attached hydrogens (tertiary/aromatic N) is 4. The molecule has 0 N–H and O–H groups in total. The maximum Gasteiger partial charge on any atom is 0.332 e. The predicted molar refractivity (Wildman–Crippen MR) is 105 cm³/mol. The molecule has 0 aliphatic rings. The van der Waals surface area contributed by atoms with Crippen molar-refractivity contribution in [1.82, 2.24) is 18.7 Å². The molecule has 3 aromatic rings. The van der Waals surface area contributed by atoms with E-state index in [1.807, 2.05) is 13.8 Å². The summed E-state index contributed by atoms with van der Waals surface area (Å²) in [7, 11) is 1.73. The van der Waals surface area contributed by atoms with Crippen molar-refractivity contribution in [1.29, 1.82) is 0 Å². The van der Waals surface area contributed by atoms with Crippen LogP contribution in [0, 0.1) is 5.82 Å². The molecule has 0 fully saturated rings. The van der Waals surface area contributed by atoms with Crippen LogP contribution >= 0.6 is 0 Å². The van der Waals surface area contributed by atoms with E-state index < -0.39 is 0 Å². The lowest BCUT2D eigenvalue weighted by molar-refractivity contribution is 0.554. The highest BCUT2D eigenvalue weighted by Gasteiger charge is 2.18. The Morgan fingerprint density at radius 3 is 2.37 bits per heavy atom. The average Bonchev–Trinajstić information content (AvgIpc) is 2.98. The maximum atomic E-state index is 13.8. The normalized spacial score (nSPS) is 11.7. The van der Waals surface area contributed by atoms with Gasteiger partial charge in [0.1, 0.15) is 11.6 Å². The maximum absolute atomic E-state index is 13.8. The number of benzene rings is 1. The molecule has 0 bridgehead atoms. The summed E-state index contributed by atoms with van der Waals surface area (Å²) in [6.07, 6.45) is 4.70. The summed E-state index contributed by atoms with van der Waals surface area (Å²) >= 11 is 0. The Kier molecular flexibility index (Phi) is 5.39. The number of imidazole rings is 1. The molecular weight excluding hydrogens is 347 g/mol. The lowest BCUT2D eigenvalue weighted by Gasteiger charge is -2.10. The minimum absolute atomic E-state index is 0.333. The van der Waals surface area contributed by atoms with E-state index >= 15 is 0 Å². The van der Waals surface area contributed by atoms with E-state index in [1.54, 1.807) is 46.5 Å². The summed E-state index contributed by atoms with van der Waals surface area (Å²) < 4.78 is 18.3. The van der Waals surface area contributed by atoms with Crippen LogP contribution in [0.4, 0.5) is 4.39 Å². The first-order chi connectivity index (χ1) is 13.0. The topological polar surface area (TPSA) is 61.8 Å². The van der Waals surface area contributed by atoms with E-state index in [0.29, 0.717) is 42.1 Å². The molecule has 0 aliphatic heterocycles. The second kappa shape index (κ2) is 7.73. The van der Waals surface area contributed by atoms with E-state index in [1.165, 1.54) is 10.6 Å². The van der Waals surface area contributed by atoms with Gasteiger partial charge in [-0.05, 0) is 31.1 Å². The highest BCUT2D eigenvalue weighted by molar-refractivity contribution is 5.76. The highest BCUT2D eigenvalue weighted by Crippen LogP contribution is 2.15. The molecule has 0 atom stereocenters. The molecule has 0 unspecified atom stereocenters. The number of fused-ring (bicyclic) bond motifs is 1. The van der Waals surface area contributed by atoms with Crippen LogP contribution in [0.5, 0.6) is 0 Å². The van der Waals surface area contributed by atoms with E-state index in [9.17, 15) is 14.0 Å². The number of halogens is 1. The van der Waals surface area contributed by atoms with Crippen molar-refractivity contribution in [3.05, 3.63) is 62.3 Å². The summed E-state index contributed by atoms with van der Waals surface area (Å²) in [5.74, 6) is 0.157. The van der Waals surface area contributed by atoms with Gasteiger partial charge in [0.15, 0.2) is 11.2 Å². The molecule has 0 spiro atoms. The molecule has 7 heteroatoms. The summed E-state index contributed by atoms with van der Waals surface area (Å²) in [6.45, 7) is 4.73. The fourth-order valence-corrected chi connectivity index (χ4v) is 3.15. The Balaban J connectivity index is 2.23. The number of aromatic nitrogens is 4. The van der Waals surface area contributed by atoms with Gasteiger partial charge < -0.3 is 4.57 Å². The Morgan fingerprint density at radius 2 is 1.70 bits per heavy atom. The van der Waals surface area contributed by atoms with Gasteiger partial charge in [-0.25, -0.2) is 14.2 Å². The lowest BCUT2D eigenvalue weighted by atomic mass is 10.2. The largest absolute Gasteiger partial charge is 0.332 e. The third-order valence-electron chi connectivity index (χ3n) is 4.49. The molecule has 2 aromatic heterocycles. The molecule has 6 nitrogen and oxygen atoms in total. The summed E-state index contributed by atoms with van der Waals surface area (Å²) in [4.78, 5) is 30.1. The van der Waals surface area contributed by atoms with Crippen molar-refractivity contribution in [3.63, 3.8) is 0 Å². The smallest absolute Gasteiger partial charge is 0.322 e. The molecule has 0 amide bonds. The van der Waals surface area contributed by atoms with Gasteiger partial charge in [0.2, 0.25) is 0 Å². The Bertz CT molecular complexity index is 1120. The number of rotatable bonds is 6. The molecule has 0 aliphatic carbocycles. The quantitative estimate of drug-likeness (QED) is 0.670. The third kappa shape index (κ3) is 3.37. The minimum atomic E-state index is -0.343. The first-order valence-corrected chi connectivity index (χ1v) is 9.12. The highest BCUT2D eigenvalue weighted by atomic mass is 19.1. The third-order valence-corrected chi connectivity index (χ3v) is 4.49. The predicted octanol–water partition coefficient (Wildman–Crippen LogP) is 3.03. The van der Waals surface area contributed by atoms with Crippen LogP contribution in [0.1, 0.15) is 38.1 Å². The van der Waals surface area contributed by atoms with Gasteiger partial charge in [-0.1, -0.05) is 32.0 Å². The zero-order chi connectivity index (χ0) is 19.6. The van der Waals surface area contributed by atoms with Crippen LogP contribution in [0.3, 0.4) is 0 Å². The molecule has 0 saturated carbocycles. The molecule has 3 rings (SSSR count). The van der Waals surface area contributed by atoms with E-state index in [-0.39, 0.29) is 17.1 Å². The Hall–Kier alpha value is -2.96. The average molecular weight is 370 g/mol. The van der Waals surface area contributed by atoms with Crippen molar-refractivity contribution < 1.29 is 4.39 Å². The molecular formula is C20H23FN4O2. The second-order valence-corrected chi connectivity index (χ2v) is 6.45. The van der Waals surface area contributed by atoms with Crippen LogP contribution in [0.25, 0.3) is 23.3 Å². The van der Waals surface area contributed by atoms with Gasteiger partial charge in [0, 0.05) is 25.7 Å². The van der Waals surface area contributed by atoms with Crippen LogP contribution in [-0.4, -0.2) is 18.7 Å². The zero-order valence-corrected chi connectivity index (χ0v) is 15.8. The van der Waals surface area contributed by atoms with Crippen LogP contribution in [0.15, 0.2) is 33.9 Å². The summed E-state index contributed by atoms with van der Waals surface area (Å²) in [5.41, 5.74) is 0.502. The van der Waals surface area contributed by atoms with Gasteiger partial charge in [-0.3, -0.25) is 13.9 Å². The fourth-order valence-electron chi connectivity index (χ4n) is 3.15. The molecule has 0 saturated heterocycles. The summed E-state index contributed by atoms with van der Waals surface area (Å²) in [5, 5.41) is 0.